The van der Waals surface area contributed by atoms with E-state index < -0.39 is 46.5 Å². The van der Waals surface area contributed by atoms with Crippen LogP contribution in [0.15, 0.2) is 134 Å². The molecule has 0 saturated heterocycles. The first-order valence-electron chi connectivity index (χ1n) is 14.3. The summed E-state index contributed by atoms with van der Waals surface area (Å²) < 4.78 is 80.5. The number of alkyl halides is 3. The quantitative estimate of drug-likeness (QED) is 0.0578. The summed E-state index contributed by atoms with van der Waals surface area (Å²) in [5.41, 5.74) is -5.18. The molecule has 248 valence electrons. The van der Waals surface area contributed by atoms with Crippen molar-refractivity contribution in [2.45, 2.75) is 25.1 Å². The maximum absolute atomic E-state index is 14.6. The normalized spacial score (nSPS) is 13.5. The molecule has 0 heterocycles. The van der Waals surface area contributed by atoms with Gasteiger partial charge in [-0.05, 0) is 0 Å². The average molecular weight is 688 g/mol. The number of halogens is 3. The molecular weight excluding hydrogens is 654 g/mol. The Balaban J connectivity index is 1.97. The third-order valence-electron chi connectivity index (χ3n) is 7.38. The molecule has 1 atom stereocenters. The Hall–Kier alpha value is -4.35. The van der Waals surface area contributed by atoms with Crippen LogP contribution in [-0.4, -0.2) is 49.7 Å². The van der Waals surface area contributed by atoms with Crippen LogP contribution < -0.4 is 15.9 Å². The van der Waals surface area contributed by atoms with Crippen LogP contribution in [0.5, 0.6) is 0 Å². The first-order chi connectivity index (χ1) is 22.3. The molecular formula is C34H33F3NO7PS. The van der Waals surface area contributed by atoms with E-state index in [1.807, 2.05) is 0 Å². The Bertz CT molecular complexity index is 1680. The van der Waals surface area contributed by atoms with Crippen molar-refractivity contribution in [2.75, 3.05) is 12.8 Å². The van der Waals surface area contributed by atoms with Gasteiger partial charge >= 0.3 is 272 Å². The van der Waals surface area contributed by atoms with E-state index in [2.05, 4.69) is 6.58 Å². The summed E-state index contributed by atoms with van der Waals surface area (Å²) in [4.78, 5) is 33.5. The zero-order chi connectivity index (χ0) is 34.2. The van der Waals surface area contributed by atoms with Crippen molar-refractivity contribution in [3.8, 4) is 0 Å². The number of amides is 1. The predicted octanol–water partition coefficient (Wildman–Crippen LogP) is 5.38. The molecule has 4 aromatic carbocycles. The molecule has 0 fully saturated rings. The zero-order valence-corrected chi connectivity index (χ0v) is 27.0. The van der Waals surface area contributed by atoms with E-state index in [0.717, 1.165) is 0 Å². The second-order valence-electron chi connectivity index (χ2n) is 10.4. The Labute approximate surface area is 271 Å². The van der Waals surface area contributed by atoms with Crippen molar-refractivity contribution in [3.05, 3.63) is 140 Å². The maximum atomic E-state index is 14.6. The van der Waals surface area contributed by atoms with Gasteiger partial charge in [0.25, 0.3) is 0 Å². The summed E-state index contributed by atoms with van der Waals surface area (Å²) in [6, 6.07) is 29.7. The fourth-order valence-electron chi connectivity index (χ4n) is 5.17. The van der Waals surface area contributed by atoms with E-state index in [9.17, 15) is 31.2 Å². The van der Waals surface area contributed by atoms with Crippen LogP contribution in [0.1, 0.15) is 12.5 Å². The number of ether oxygens (including phenoxy) is 1. The van der Waals surface area contributed by atoms with Gasteiger partial charge in [0.05, 0.1) is 0 Å². The number of benzene rings is 4. The monoisotopic (exact) mass is 687 g/mol. The summed E-state index contributed by atoms with van der Waals surface area (Å²) in [7, 11) is -6.38. The van der Waals surface area contributed by atoms with Gasteiger partial charge in [-0.15, -0.1) is 0 Å². The van der Waals surface area contributed by atoms with Crippen LogP contribution in [-0.2, 0) is 39.9 Å². The molecule has 47 heavy (non-hydrogen) atoms. The van der Waals surface area contributed by atoms with Crippen molar-refractivity contribution in [1.29, 1.82) is 0 Å². The number of hydrogen-bond acceptors (Lipinski definition) is 7. The number of nitrogens with zero attached hydrogens (tertiary/aromatic N) is 1. The van der Waals surface area contributed by atoms with E-state index in [0.29, 0.717) is 10.6 Å². The SMILES string of the molecule is C=CCON(C(=O)CP(OS(=O)(=O)C(F)(F)F)(c1ccccc1)(c1ccccc1)c1ccccc1)C(C)C(=O)OCc1ccccc1. The fourth-order valence-corrected chi connectivity index (χ4v) is 13.0. The molecule has 0 saturated carbocycles. The third kappa shape index (κ3) is 7.31. The molecule has 8 nitrogen and oxygen atoms in total. The average Bonchev–Trinajstić information content (AvgIpc) is 3.08. The number of hydroxylamine groups is 2. The Kier molecular flexibility index (Phi) is 11.0. The van der Waals surface area contributed by atoms with Crippen LogP contribution >= 0.6 is 6.83 Å². The molecule has 0 aliphatic carbocycles. The van der Waals surface area contributed by atoms with Crippen LogP contribution in [0.25, 0.3) is 0 Å². The molecule has 1 amide bonds. The van der Waals surface area contributed by atoms with Gasteiger partial charge in [-0.2, -0.15) is 0 Å². The van der Waals surface area contributed by atoms with E-state index >= 15 is 0 Å². The Morgan fingerprint density at radius 1 is 0.809 bits per heavy atom. The molecule has 0 aliphatic rings. The van der Waals surface area contributed by atoms with Crippen LogP contribution in [0.2, 0.25) is 0 Å². The molecule has 4 rings (SSSR count). The predicted molar refractivity (Wildman–Crippen MR) is 175 cm³/mol. The van der Waals surface area contributed by atoms with Crippen molar-refractivity contribution in [1.82, 2.24) is 5.06 Å². The molecule has 0 radical (unpaired) electrons. The van der Waals surface area contributed by atoms with Gasteiger partial charge in [0.15, 0.2) is 0 Å². The molecule has 0 N–H and O–H groups in total. The molecule has 13 heteroatoms. The zero-order valence-electron chi connectivity index (χ0n) is 25.3. The summed E-state index contributed by atoms with van der Waals surface area (Å²) in [6.45, 7) is -1.04. The number of hydrogen-bond donors (Lipinski definition) is 0. The minimum absolute atomic E-state index is 0.0139. The minimum atomic E-state index is -6.38. The van der Waals surface area contributed by atoms with Crippen molar-refractivity contribution < 1.29 is 44.7 Å². The van der Waals surface area contributed by atoms with Gasteiger partial charge in [-0.25, -0.2) is 0 Å². The third-order valence-corrected chi connectivity index (χ3v) is 15.1. The van der Waals surface area contributed by atoms with Crippen LogP contribution in [0.4, 0.5) is 13.2 Å². The summed E-state index contributed by atoms with van der Waals surface area (Å²) in [5.74, 6) is -1.92. The molecule has 0 aliphatic heterocycles. The van der Waals surface area contributed by atoms with Crippen LogP contribution in [0.3, 0.4) is 0 Å². The number of carbonyl (C=O) groups excluding carboxylic acids is 2. The van der Waals surface area contributed by atoms with Crippen molar-refractivity contribution in [3.63, 3.8) is 0 Å². The molecule has 0 bridgehead atoms. The number of carbonyl (C=O) groups is 2. The van der Waals surface area contributed by atoms with Gasteiger partial charge < -0.3 is 0 Å². The first-order valence-corrected chi connectivity index (χ1v) is 18.1. The van der Waals surface area contributed by atoms with Gasteiger partial charge in [-0.3, -0.25) is 0 Å². The van der Waals surface area contributed by atoms with E-state index in [1.165, 1.54) is 85.8 Å². The summed E-state index contributed by atoms with van der Waals surface area (Å²) in [5, 5.41) is 0.717. The van der Waals surface area contributed by atoms with E-state index in [1.54, 1.807) is 48.5 Å². The topological polar surface area (TPSA) is 99.2 Å². The summed E-state index contributed by atoms with van der Waals surface area (Å²) >= 11 is 0. The summed E-state index contributed by atoms with van der Waals surface area (Å²) in [6.07, 6.45) is 0.324. The van der Waals surface area contributed by atoms with Gasteiger partial charge in [0.1, 0.15) is 0 Å². The Morgan fingerprint density at radius 2 is 1.23 bits per heavy atom. The van der Waals surface area contributed by atoms with Crippen LogP contribution in [0, 0.1) is 0 Å². The van der Waals surface area contributed by atoms with Gasteiger partial charge in [-0.1, -0.05) is 0 Å². The van der Waals surface area contributed by atoms with Gasteiger partial charge in [0, 0.05) is 0 Å². The second-order valence-corrected chi connectivity index (χ2v) is 16.7. The molecule has 0 aromatic heterocycles. The van der Waals surface area contributed by atoms with E-state index in [-0.39, 0.29) is 29.1 Å². The first kappa shape index (κ1) is 35.5. The standard InChI is InChI=1S/C34H33F3NO7PS/c1-3-24-44-38(27(2)33(40)43-25-28-16-8-4-9-17-28)32(39)26-46(29-18-10-5-11-19-29,30-20-12-6-13-21-30,31-22-14-7-15-23-31)45-47(41,42)34(35,36)37/h3-23,27H,1,24-26H2,2H3. The Morgan fingerprint density at radius 3 is 1.64 bits per heavy atom. The number of esters is 1. The van der Waals surface area contributed by atoms with E-state index in [4.69, 9.17) is 13.5 Å². The van der Waals surface area contributed by atoms with Gasteiger partial charge in [0.2, 0.25) is 0 Å². The number of rotatable bonds is 14. The molecule has 0 spiro atoms. The van der Waals surface area contributed by atoms with Crippen molar-refractivity contribution in [2.24, 2.45) is 0 Å². The second kappa shape index (κ2) is 14.6. The molecule has 4 aromatic rings. The fraction of sp³-hybridized carbons (Fsp3) is 0.176. The van der Waals surface area contributed by atoms with Crippen molar-refractivity contribution >= 4 is 44.7 Å². The molecule has 1 unspecified atom stereocenters.